The molecule has 0 spiro atoms. The Morgan fingerprint density at radius 2 is 1.88 bits per heavy atom. The van der Waals surface area contributed by atoms with Gasteiger partial charge in [-0.25, -0.2) is 13.4 Å². The molecule has 1 aromatic heterocycles. The fourth-order valence-corrected chi connectivity index (χ4v) is 3.29. The van der Waals surface area contributed by atoms with Gasteiger partial charge in [0.15, 0.2) is 0 Å². The van der Waals surface area contributed by atoms with E-state index in [0.717, 1.165) is 11.8 Å². The maximum absolute atomic E-state index is 12.0. The van der Waals surface area contributed by atoms with Crippen molar-refractivity contribution < 1.29 is 13.2 Å². The molecule has 0 saturated heterocycles. The molecule has 0 aliphatic heterocycles. The molecule has 0 radical (unpaired) electrons. The van der Waals surface area contributed by atoms with Gasteiger partial charge in [-0.1, -0.05) is 12.1 Å². The summed E-state index contributed by atoms with van der Waals surface area (Å²) in [6, 6.07) is 16.1. The Balaban J connectivity index is 1.83. The Labute approximate surface area is 139 Å². The average Bonchev–Trinajstić information content (AvgIpc) is 2.95. The molecule has 0 saturated carbocycles. The summed E-state index contributed by atoms with van der Waals surface area (Å²) in [5, 5.41) is 8.81. The summed E-state index contributed by atoms with van der Waals surface area (Å²) in [5.41, 5.74) is 1.94. The zero-order valence-corrected chi connectivity index (χ0v) is 13.8. The Morgan fingerprint density at radius 1 is 1.17 bits per heavy atom. The molecule has 6 nitrogen and oxygen atoms in total. The minimum absolute atomic E-state index is 0.0344. The van der Waals surface area contributed by atoms with E-state index in [2.05, 4.69) is 4.98 Å². The van der Waals surface area contributed by atoms with Crippen LogP contribution in [0.4, 0.5) is 0 Å². The van der Waals surface area contributed by atoms with Crippen molar-refractivity contribution >= 4 is 20.9 Å². The van der Waals surface area contributed by atoms with E-state index < -0.39 is 9.84 Å². The van der Waals surface area contributed by atoms with Crippen LogP contribution in [0.3, 0.4) is 0 Å². The van der Waals surface area contributed by atoms with Crippen molar-refractivity contribution in [2.24, 2.45) is 0 Å². The van der Waals surface area contributed by atoms with Gasteiger partial charge in [0.1, 0.15) is 12.4 Å². The van der Waals surface area contributed by atoms with Gasteiger partial charge in [0.25, 0.3) is 0 Å². The first-order chi connectivity index (χ1) is 11.5. The van der Waals surface area contributed by atoms with Crippen molar-refractivity contribution in [1.29, 1.82) is 5.26 Å². The van der Waals surface area contributed by atoms with Crippen molar-refractivity contribution in [1.82, 2.24) is 9.55 Å². The molecule has 7 heteroatoms. The fourth-order valence-electron chi connectivity index (χ4n) is 2.43. The number of rotatable bonds is 5. The lowest BCUT2D eigenvalue weighted by molar-refractivity contribution is 0.295. The van der Waals surface area contributed by atoms with E-state index in [4.69, 9.17) is 10.00 Å². The number of ether oxygens (including phenoxy) is 1. The summed E-state index contributed by atoms with van der Waals surface area (Å²) >= 11 is 0. The molecule has 3 aromatic rings. The minimum Gasteiger partial charge on any atom is -0.492 e. The van der Waals surface area contributed by atoms with Crippen LogP contribution in [0, 0.1) is 11.3 Å². The Kier molecular flexibility index (Phi) is 4.23. The Hall–Kier alpha value is -2.85. The van der Waals surface area contributed by atoms with Crippen LogP contribution in [-0.2, 0) is 16.4 Å². The Morgan fingerprint density at radius 3 is 2.54 bits per heavy atom. The van der Waals surface area contributed by atoms with Crippen LogP contribution in [0.1, 0.15) is 5.56 Å². The monoisotopic (exact) mass is 341 g/mol. The summed E-state index contributed by atoms with van der Waals surface area (Å²) < 4.78 is 31.2. The third kappa shape index (κ3) is 3.24. The minimum atomic E-state index is -3.44. The third-order valence-electron chi connectivity index (χ3n) is 3.52. The SMILES string of the molecule is CS(=O)(=O)c1nc2ccccc2n1CCOc1ccc(C#N)cc1. The van der Waals surface area contributed by atoms with Crippen LogP contribution >= 0.6 is 0 Å². The summed E-state index contributed by atoms with van der Waals surface area (Å²) in [4.78, 5) is 4.22. The highest BCUT2D eigenvalue weighted by Crippen LogP contribution is 2.20. The second kappa shape index (κ2) is 6.34. The lowest BCUT2D eigenvalue weighted by Gasteiger charge is -2.10. The van der Waals surface area contributed by atoms with Gasteiger partial charge in [-0.2, -0.15) is 5.26 Å². The molecule has 0 fully saturated rings. The number of hydrogen-bond donors (Lipinski definition) is 0. The number of para-hydroxylation sites is 2. The topological polar surface area (TPSA) is 85.0 Å². The highest BCUT2D eigenvalue weighted by molar-refractivity contribution is 7.90. The molecule has 0 amide bonds. The zero-order chi connectivity index (χ0) is 17.2. The molecule has 3 rings (SSSR count). The molecule has 0 atom stereocenters. The molecule has 122 valence electrons. The number of hydrogen-bond acceptors (Lipinski definition) is 5. The van der Waals surface area contributed by atoms with Crippen LogP contribution in [-0.4, -0.2) is 30.8 Å². The van der Waals surface area contributed by atoms with Gasteiger partial charge >= 0.3 is 0 Å². The van der Waals surface area contributed by atoms with E-state index in [-0.39, 0.29) is 11.8 Å². The van der Waals surface area contributed by atoms with Crippen molar-refractivity contribution in [3.63, 3.8) is 0 Å². The van der Waals surface area contributed by atoms with E-state index >= 15 is 0 Å². The number of fused-ring (bicyclic) bond motifs is 1. The summed E-state index contributed by atoms with van der Waals surface area (Å²) in [6.07, 6.45) is 1.15. The van der Waals surface area contributed by atoms with Crippen molar-refractivity contribution in [2.75, 3.05) is 12.9 Å². The number of aromatic nitrogens is 2. The van der Waals surface area contributed by atoms with Gasteiger partial charge in [-0.15, -0.1) is 0 Å². The standard InChI is InChI=1S/C17H15N3O3S/c1-24(21,22)17-19-15-4-2-3-5-16(15)20(17)10-11-23-14-8-6-13(12-18)7-9-14/h2-9H,10-11H2,1H3. The highest BCUT2D eigenvalue weighted by Gasteiger charge is 2.18. The first-order valence-corrected chi connectivity index (χ1v) is 9.16. The molecule has 0 bridgehead atoms. The zero-order valence-electron chi connectivity index (χ0n) is 13.0. The van der Waals surface area contributed by atoms with Gasteiger partial charge in [0, 0.05) is 6.26 Å². The first-order valence-electron chi connectivity index (χ1n) is 7.27. The summed E-state index contributed by atoms with van der Waals surface area (Å²) in [6.45, 7) is 0.637. The lowest BCUT2D eigenvalue weighted by atomic mass is 10.2. The molecule has 0 N–H and O–H groups in total. The summed E-state index contributed by atoms with van der Waals surface area (Å²) in [7, 11) is -3.44. The molecule has 0 aliphatic rings. The second-order valence-electron chi connectivity index (χ2n) is 5.29. The number of imidazole rings is 1. The van der Waals surface area contributed by atoms with Crippen LogP contribution < -0.4 is 4.74 Å². The van der Waals surface area contributed by atoms with Crippen LogP contribution in [0.25, 0.3) is 11.0 Å². The normalized spacial score (nSPS) is 11.3. The smallest absolute Gasteiger partial charge is 0.228 e. The highest BCUT2D eigenvalue weighted by atomic mass is 32.2. The molecule has 0 unspecified atom stereocenters. The summed E-state index contributed by atoms with van der Waals surface area (Å²) in [5.74, 6) is 0.624. The van der Waals surface area contributed by atoms with Crippen molar-refractivity contribution in [3.05, 3.63) is 54.1 Å². The number of nitriles is 1. The predicted molar refractivity (Wildman–Crippen MR) is 89.5 cm³/mol. The number of nitrogens with zero attached hydrogens (tertiary/aromatic N) is 3. The van der Waals surface area contributed by atoms with Gasteiger partial charge in [0.05, 0.1) is 29.2 Å². The molecule has 2 aromatic carbocycles. The average molecular weight is 341 g/mol. The maximum atomic E-state index is 12.0. The van der Waals surface area contributed by atoms with E-state index in [9.17, 15) is 8.42 Å². The maximum Gasteiger partial charge on any atom is 0.228 e. The predicted octanol–water partition coefficient (Wildman–Crippen LogP) is 2.39. The molecule has 24 heavy (non-hydrogen) atoms. The van der Waals surface area contributed by atoms with Crippen molar-refractivity contribution in [3.8, 4) is 11.8 Å². The second-order valence-corrected chi connectivity index (χ2v) is 7.20. The van der Waals surface area contributed by atoms with Gasteiger partial charge < -0.3 is 9.30 Å². The first kappa shape index (κ1) is 16.0. The van der Waals surface area contributed by atoms with E-state index in [0.29, 0.717) is 23.4 Å². The molecule has 1 heterocycles. The molecule has 0 aliphatic carbocycles. The molecular formula is C17H15N3O3S. The fraction of sp³-hybridized carbons (Fsp3) is 0.176. The van der Waals surface area contributed by atoms with Crippen LogP contribution in [0.15, 0.2) is 53.7 Å². The van der Waals surface area contributed by atoms with Gasteiger partial charge in [0.2, 0.25) is 15.0 Å². The number of sulfone groups is 1. The van der Waals surface area contributed by atoms with Crippen molar-refractivity contribution in [2.45, 2.75) is 11.7 Å². The van der Waals surface area contributed by atoms with E-state index in [1.54, 1.807) is 34.9 Å². The largest absolute Gasteiger partial charge is 0.492 e. The number of benzene rings is 2. The van der Waals surface area contributed by atoms with E-state index in [1.807, 2.05) is 24.3 Å². The van der Waals surface area contributed by atoms with Crippen LogP contribution in [0.2, 0.25) is 0 Å². The van der Waals surface area contributed by atoms with Gasteiger partial charge in [-0.3, -0.25) is 0 Å². The third-order valence-corrected chi connectivity index (χ3v) is 4.49. The lowest BCUT2D eigenvalue weighted by Crippen LogP contribution is -2.14. The van der Waals surface area contributed by atoms with Gasteiger partial charge in [-0.05, 0) is 36.4 Å². The van der Waals surface area contributed by atoms with Crippen LogP contribution in [0.5, 0.6) is 5.75 Å². The quantitative estimate of drug-likeness (QED) is 0.711. The molecular weight excluding hydrogens is 326 g/mol. The Bertz CT molecular complexity index is 1020. The van der Waals surface area contributed by atoms with E-state index in [1.165, 1.54) is 0 Å².